The Labute approximate surface area is 145 Å². The number of phenols is 1. The van der Waals surface area contributed by atoms with E-state index in [4.69, 9.17) is 4.74 Å². The van der Waals surface area contributed by atoms with Crippen molar-refractivity contribution in [1.82, 2.24) is 5.43 Å². The second kappa shape index (κ2) is 7.49. The first-order chi connectivity index (χ1) is 12.1. The first kappa shape index (κ1) is 16.5. The molecule has 3 rings (SSSR count). The molecule has 1 amide bonds. The van der Waals surface area contributed by atoms with Crippen molar-refractivity contribution in [1.29, 1.82) is 0 Å². The largest absolute Gasteiger partial charge is 0.507 e. The SMILES string of the molecule is C[C@@H](Oc1ccccc1)C(=O)NN=Cc1c(O)ccc2ccccc12. The van der Waals surface area contributed by atoms with Gasteiger partial charge in [0.1, 0.15) is 11.5 Å². The molecule has 5 nitrogen and oxygen atoms in total. The van der Waals surface area contributed by atoms with Crippen molar-refractivity contribution in [2.24, 2.45) is 5.10 Å². The zero-order valence-electron chi connectivity index (χ0n) is 13.7. The van der Waals surface area contributed by atoms with Crippen LogP contribution in [0.2, 0.25) is 0 Å². The van der Waals surface area contributed by atoms with Crippen LogP contribution in [0.25, 0.3) is 10.8 Å². The molecule has 0 aliphatic heterocycles. The number of amides is 1. The molecular weight excluding hydrogens is 316 g/mol. The molecule has 0 heterocycles. The molecule has 0 aliphatic carbocycles. The highest BCUT2D eigenvalue weighted by Crippen LogP contribution is 2.25. The number of fused-ring (bicyclic) bond motifs is 1. The van der Waals surface area contributed by atoms with E-state index < -0.39 is 6.10 Å². The molecule has 126 valence electrons. The van der Waals surface area contributed by atoms with Gasteiger partial charge >= 0.3 is 0 Å². The minimum absolute atomic E-state index is 0.102. The summed E-state index contributed by atoms with van der Waals surface area (Å²) in [6.07, 6.45) is 0.741. The average molecular weight is 334 g/mol. The third-order valence-electron chi connectivity index (χ3n) is 3.74. The van der Waals surface area contributed by atoms with Gasteiger partial charge in [-0.3, -0.25) is 4.79 Å². The van der Waals surface area contributed by atoms with Crippen LogP contribution < -0.4 is 10.2 Å². The summed E-state index contributed by atoms with van der Waals surface area (Å²) in [5.74, 6) is 0.339. The Morgan fingerprint density at radius 1 is 1.08 bits per heavy atom. The number of nitrogens with zero attached hydrogens (tertiary/aromatic N) is 1. The number of carbonyl (C=O) groups excluding carboxylic acids is 1. The topological polar surface area (TPSA) is 70.9 Å². The van der Waals surface area contributed by atoms with Crippen molar-refractivity contribution in [3.8, 4) is 11.5 Å². The molecule has 25 heavy (non-hydrogen) atoms. The van der Waals surface area contributed by atoms with Gasteiger partial charge in [-0.2, -0.15) is 5.10 Å². The van der Waals surface area contributed by atoms with Crippen LogP contribution in [0.5, 0.6) is 11.5 Å². The van der Waals surface area contributed by atoms with Crippen molar-refractivity contribution in [2.45, 2.75) is 13.0 Å². The maximum absolute atomic E-state index is 12.1. The highest BCUT2D eigenvalue weighted by Gasteiger charge is 2.13. The molecule has 1 atom stereocenters. The normalized spacial score (nSPS) is 12.2. The summed E-state index contributed by atoms with van der Waals surface area (Å²) < 4.78 is 5.54. The van der Waals surface area contributed by atoms with Crippen molar-refractivity contribution in [2.75, 3.05) is 0 Å². The number of nitrogens with one attached hydrogen (secondary N) is 1. The smallest absolute Gasteiger partial charge is 0.280 e. The summed E-state index contributed by atoms with van der Waals surface area (Å²) in [5, 5.41) is 15.8. The van der Waals surface area contributed by atoms with Gasteiger partial charge in [-0.05, 0) is 35.9 Å². The van der Waals surface area contributed by atoms with Crippen molar-refractivity contribution >= 4 is 22.9 Å². The standard InChI is InChI=1S/C20H18N2O3/c1-14(25-16-8-3-2-4-9-16)20(24)22-21-13-18-17-10-6-5-7-15(17)11-12-19(18)23/h2-14,23H,1H3,(H,22,24)/t14-/m1/s1. The highest BCUT2D eigenvalue weighted by molar-refractivity contribution is 6.02. The van der Waals surface area contributed by atoms with Gasteiger partial charge in [0.05, 0.1) is 6.21 Å². The quantitative estimate of drug-likeness (QED) is 0.554. The Bertz CT molecular complexity index is 907. The Morgan fingerprint density at radius 3 is 2.60 bits per heavy atom. The minimum Gasteiger partial charge on any atom is -0.507 e. The van der Waals surface area contributed by atoms with Crippen LogP contribution in [0.15, 0.2) is 71.8 Å². The molecule has 3 aromatic rings. The molecule has 2 N–H and O–H groups in total. The number of ether oxygens (including phenoxy) is 1. The van der Waals surface area contributed by atoms with Crippen LogP contribution in [-0.2, 0) is 4.79 Å². The highest BCUT2D eigenvalue weighted by atomic mass is 16.5. The molecular formula is C20H18N2O3. The van der Waals surface area contributed by atoms with Crippen LogP contribution in [-0.4, -0.2) is 23.3 Å². The molecule has 0 spiro atoms. The summed E-state index contributed by atoms with van der Waals surface area (Å²) in [5.41, 5.74) is 2.99. The van der Waals surface area contributed by atoms with Gasteiger partial charge in [-0.1, -0.05) is 48.5 Å². The Morgan fingerprint density at radius 2 is 1.80 bits per heavy atom. The first-order valence-electron chi connectivity index (χ1n) is 7.90. The fourth-order valence-corrected chi connectivity index (χ4v) is 2.43. The lowest BCUT2D eigenvalue weighted by Crippen LogP contribution is -2.33. The fraction of sp³-hybridized carbons (Fsp3) is 0.100. The maximum Gasteiger partial charge on any atom is 0.280 e. The number of benzene rings is 3. The van der Waals surface area contributed by atoms with E-state index in [0.717, 1.165) is 10.8 Å². The van der Waals surface area contributed by atoms with E-state index in [1.165, 1.54) is 6.21 Å². The molecule has 3 aromatic carbocycles. The second-order valence-electron chi connectivity index (χ2n) is 5.53. The number of para-hydroxylation sites is 1. The van der Waals surface area contributed by atoms with E-state index in [9.17, 15) is 9.90 Å². The van der Waals surface area contributed by atoms with E-state index in [2.05, 4.69) is 10.5 Å². The van der Waals surface area contributed by atoms with Crippen LogP contribution in [0.1, 0.15) is 12.5 Å². The van der Waals surface area contributed by atoms with E-state index in [0.29, 0.717) is 11.3 Å². The van der Waals surface area contributed by atoms with Gasteiger partial charge in [-0.25, -0.2) is 5.43 Å². The van der Waals surface area contributed by atoms with Crippen molar-refractivity contribution < 1.29 is 14.6 Å². The monoisotopic (exact) mass is 334 g/mol. The van der Waals surface area contributed by atoms with Crippen LogP contribution in [0.4, 0.5) is 0 Å². The van der Waals surface area contributed by atoms with Gasteiger partial charge in [0.15, 0.2) is 6.10 Å². The zero-order chi connectivity index (χ0) is 17.6. The van der Waals surface area contributed by atoms with Gasteiger partial charge in [-0.15, -0.1) is 0 Å². The molecule has 0 bridgehead atoms. The Hall–Kier alpha value is -3.34. The maximum atomic E-state index is 12.1. The zero-order valence-corrected chi connectivity index (χ0v) is 13.7. The number of hydrogen-bond donors (Lipinski definition) is 2. The van der Waals surface area contributed by atoms with E-state index in [-0.39, 0.29) is 11.7 Å². The lowest BCUT2D eigenvalue weighted by atomic mass is 10.0. The predicted octanol–water partition coefficient (Wildman–Crippen LogP) is 3.46. The minimum atomic E-state index is -0.694. The van der Waals surface area contributed by atoms with Gasteiger partial charge in [0.25, 0.3) is 5.91 Å². The third kappa shape index (κ3) is 3.95. The van der Waals surface area contributed by atoms with Crippen LogP contribution in [0.3, 0.4) is 0 Å². The van der Waals surface area contributed by atoms with Gasteiger partial charge in [0, 0.05) is 5.56 Å². The average Bonchev–Trinajstić information content (AvgIpc) is 2.64. The summed E-state index contributed by atoms with van der Waals surface area (Å²) in [6, 6.07) is 20.2. The van der Waals surface area contributed by atoms with E-state index >= 15 is 0 Å². The summed E-state index contributed by atoms with van der Waals surface area (Å²) >= 11 is 0. The molecule has 0 saturated heterocycles. The lowest BCUT2D eigenvalue weighted by Gasteiger charge is -2.12. The molecule has 0 radical (unpaired) electrons. The molecule has 0 aromatic heterocycles. The fourth-order valence-electron chi connectivity index (χ4n) is 2.43. The predicted molar refractivity (Wildman–Crippen MR) is 97.9 cm³/mol. The van der Waals surface area contributed by atoms with Crippen LogP contribution >= 0.6 is 0 Å². The summed E-state index contributed by atoms with van der Waals surface area (Å²) in [7, 11) is 0. The number of carbonyl (C=O) groups is 1. The number of rotatable bonds is 5. The Balaban J connectivity index is 1.69. The second-order valence-corrected chi connectivity index (χ2v) is 5.53. The molecule has 0 fully saturated rings. The van der Waals surface area contributed by atoms with Gasteiger partial charge in [0.2, 0.25) is 0 Å². The lowest BCUT2D eigenvalue weighted by molar-refractivity contribution is -0.127. The number of aromatic hydroxyl groups is 1. The molecule has 0 unspecified atom stereocenters. The number of hydrogen-bond acceptors (Lipinski definition) is 4. The Kier molecular flexibility index (Phi) is 4.95. The summed E-state index contributed by atoms with van der Waals surface area (Å²) in [4.78, 5) is 12.1. The van der Waals surface area contributed by atoms with E-state index in [1.807, 2.05) is 48.5 Å². The number of phenolic OH excluding ortho intramolecular Hbond substituents is 1. The van der Waals surface area contributed by atoms with Crippen molar-refractivity contribution in [3.05, 3.63) is 72.3 Å². The summed E-state index contributed by atoms with van der Waals surface area (Å²) in [6.45, 7) is 1.65. The van der Waals surface area contributed by atoms with E-state index in [1.54, 1.807) is 25.1 Å². The molecule has 5 heteroatoms. The number of hydrazone groups is 1. The first-order valence-corrected chi connectivity index (χ1v) is 7.90. The van der Waals surface area contributed by atoms with Gasteiger partial charge < -0.3 is 9.84 Å². The molecule has 0 saturated carbocycles. The molecule has 0 aliphatic rings. The third-order valence-corrected chi connectivity index (χ3v) is 3.74. The van der Waals surface area contributed by atoms with Crippen molar-refractivity contribution in [3.63, 3.8) is 0 Å². The van der Waals surface area contributed by atoms with Crippen LogP contribution in [0, 0.1) is 0 Å².